The summed E-state index contributed by atoms with van der Waals surface area (Å²) in [5.74, 6) is -0.194. The average molecular weight is 228 g/mol. The van der Waals surface area contributed by atoms with Crippen LogP contribution >= 0.6 is 0 Å². The Morgan fingerprint density at radius 1 is 0.812 bits per heavy atom. The van der Waals surface area contributed by atoms with Crippen LogP contribution in [0, 0.1) is 11.8 Å². The summed E-state index contributed by atoms with van der Waals surface area (Å²) in [5.41, 5.74) is 0. The van der Waals surface area contributed by atoms with Gasteiger partial charge < -0.3 is 9.47 Å². The van der Waals surface area contributed by atoms with E-state index in [2.05, 4.69) is 0 Å². The Morgan fingerprint density at radius 2 is 1.12 bits per heavy atom. The first-order valence-corrected chi connectivity index (χ1v) is 5.84. The first-order chi connectivity index (χ1) is 7.69. The van der Waals surface area contributed by atoms with Gasteiger partial charge in [0.1, 0.15) is 0 Å². The molecular weight excluding hydrogens is 208 g/mol. The molecule has 0 saturated heterocycles. The molecule has 0 atom stereocenters. The molecule has 1 fully saturated rings. The van der Waals surface area contributed by atoms with Crippen molar-refractivity contribution in [1.82, 2.24) is 0 Å². The molecule has 0 spiro atoms. The van der Waals surface area contributed by atoms with Crippen molar-refractivity contribution >= 4 is 11.9 Å². The lowest BCUT2D eigenvalue weighted by atomic mass is 9.86. The summed E-state index contributed by atoms with van der Waals surface area (Å²) in [6, 6.07) is 0. The van der Waals surface area contributed by atoms with Gasteiger partial charge in [-0.1, -0.05) is 12.8 Å². The molecule has 1 rings (SSSR count). The van der Waals surface area contributed by atoms with E-state index in [4.69, 9.17) is 9.47 Å². The van der Waals surface area contributed by atoms with Gasteiger partial charge in [0, 0.05) is 0 Å². The zero-order valence-corrected chi connectivity index (χ0v) is 10.0. The van der Waals surface area contributed by atoms with Gasteiger partial charge in [0.05, 0.1) is 26.1 Å². The lowest BCUT2D eigenvalue weighted by Crippen LogP contribution is -2.22. The predicted octanol–water partition coefficient (Wildman–Crippen LogP) is 1.92. The Hall–Kier alpha value is -1.06. The molecule has 92 valence electrons. The summed E-state index contributed by atoms with van der Waals surface area (Å²) >= 11 is 0. The molecule has 0 unspecified atom stereocenters. The summed E-state index contributed by atoms with van der Waals surface area (Å²) in [6.45, 7) is 0. The number of hydrogen-bond donors (Lipinski definition) is 0. The molecule has 4 heteroatoms. The number of carbonyl (C=O) groups is 2. The van der Waals surface area contributed by atoms with Crippen molar-refractivity contribution in [2.24, 2.45) is 11.8 Å². The molecule has 0 N–H and O–H groups in total. The summed E-state index contributed by atoms with van der Waals surface area (Å²) in [4.78, 5) is 22.8. The molecule has 0 radical (unpaired) electrons. The van der Waals surface area contributed by atoms with E-state index in [1.807, 2.05) is 0 Å². The van der Waals surface area contributed by atoms with Crippen LogP contribution < -0.4 is 0 Å². The van der Waals surface area contributed by atoms with Crippen molar-refractivity contribution in [3.8, 4) is 0 Å². The van der Waals surface area contributed by atoms with E-state index in [1.165, 1.54) is 14.2 Å². The van der Waals surface area contributed by atoms with E-state index < -0.39 is 0 Å². The molecule has 0 amide bonds. The molecule has 0 heterocycles. The number of ether oxygens (including phenoxy) is 2. The van der Waals surface area contributed by atoms with E-state index >= 15 is 0 Å². The van der Waals surface area contributed by atoms with Gasteiger partial charge in [-0.05, 0) is 25.7 Å². The molecular formula is C12H20O4. The zero-order chi connectivity index (χ0) is 12.0. The molecule has 0 aliphatic heterocycles. The summed E-state index contributed by atoms with van der Waals surface area (Å²) in [6.07, 6.45) is 5.06. The molecule has 0 bridgehead atoms. The van der Waals surface area contributed by atoms with Crippen molar-refractivity contribution in [3.05, 3.63) is 0 Å². The van der Waals surface area contributed by atoms with Crippen molar-refractivity contribution in [3.63, 3.8) is 0 Å². The molecule has 1 saturated carbocycles. The maximum atomic E-state index is 11.4. The van der Waals surface area contributed by atoms with Gasteiger partial charge in [0.15, 0.2) is 0 Å². The molecule has 1 aliphatic carbocycles. The third-order valence-electron chi connectivity index (χ3n) is 3.28. The minimum Gasteiger partial charge on any atom is -0.469 e. The van der Waals surface area contributed by atoms with E-state index in [-0.39, 0.29) is 23.8 Å². The molecule has 0 aromatic rings. The standard InChI is InChI=1S/C12H20O4/c1-15-11(13)9-5-3-7-10(8-4-6-9)12(14)16-2/h9-10H,3-8H2,1-2H3. The van der Waals surface area contributed by atoms with Crippen LogP contribution in [0.1, 0.15) is 38.5 Å². The van der Waals surface area contributed by atoms with Crippen molar-refractivity contribution in [2.75, 3.05) is 14.2 Å². The van der Waals surface area contributed by atoms with E-state index in [0.717, 1.165) is 38.5 Å². The first kappa shape index (κ1) is 13.0. The van der Waals surface area contributed by atoms with Crippen molar-refractivity contribution in [1.29, 1.82) is 0 Å². The Kier molecular flexibility index (Phi) is 5.29. The van der Waals surface area contributed by atoms with Crippen LogP contribution in [-0.4, -0.2) is 26.2 Å². The van der Waals surface area contributed by atoms with Crippen LogP contribution in [0.5, 0.6) is 0 Å². The van der Waals surface area contributed by atoms with Crippen molar-refractivity contribution in [2.45, 2.75) is 38.5 Å². The van der Waals surface area contributed by atoms with E-state index in [0.29, 0.717) is 0 Å². The SMILES string of the molecule is COC(=O)C1CCCC(C(=O)OC)CCC1. The monoisotopic (exact) mass is 228 g/mol. The van der Waals surface area contributed by atoms with Gasteiger partial charge in [-0.3, -0.25) is 9.59 Å². The minimum absolute atomic E-state index is 0.0172. The highest BCUT2D eigenvalue weighted by Gasteiger charge is 2.25. The Labute approximate surface area is 96.3 Å². The van der Waals surface area contributed by atoms with Crippen LogP contribution in [0.2, 0.25) is 0 Å². The third kappa shape index (κ3) is 3.51. The van der Waals surface area contributed by atoms with Gasteiger partial charge >= 0.3 is 11.9 Å². The van der Waals surface area contributed by atoms with E-state index in [1.54, 1.807) is 0 Å². The normalized spacial score (nSPS) is 26.4. The highest BCUT2D eigenvalue weighted by atomic mass is 16.5. The number of rotatable bonds is 2. The predicted molar refractivity (Wildman–Crippen MR) is 58.7 cm³/mol. The zero-order valence-electron chi connectivity index (χ0n) is 10.0. The number of esters is 2. The fraction of sp³-hybridized carbons (Fsp3) is 0.833. The number of methoxy groups -OCH3 is 2. The van der Waals surface area contributed by atoms with Gasteiger partial charge in [-0.2, -0.15) is 0 Å². The lowest BCUT2D eigenvalue weighted by molar-refractivity contribution is -0.147. The highest BCUT2D eigenvalue weighted by Crippen LogP contribution is 2.27. The summed E-state index contributed by atoms with van der Waals surface area (Å²) < 4.78 is 9.50. The summed E-state index contributed by atoms with van der Waals surface area (Å²) in [7, 11) is 2.86. The highest BCUT2D eigenvalue weighted by molar-refractivity contribution is 5.73. The maximum absolute atomic E-state index is 11.4. The third-order valence-corrected chi connectivity index (χ3v) is 3.28. The maximum Gasteiger partial charge on any atom is 0.308 e. The first-order valence-electron chi connectivity index (χ1n) is 5.84. The quantitative estimate of drug-likeness (QED) is 0.677. The number of carbonyl (C=O) groups excluding carboxylic acids is 2. The van der Waals surface area contributed by atoms with Gasteiger partial charge in [0.25, 0.3) is 0 Å². The minimum atomic E-state index is -0.114. The number of hydrogen-bond acceptors (Lipinski definition) is 4. The Bertz CT molecular complexity index is 215. The lowest BCUT2D eigenvalue weighted by Gasteiger charge is -2.21. The fourth-order valence-electron chi connectivity index (χ4n) is 2.31. The van der Waals surface area contributed by atoms with Crippen LogP contribution in [0.4, 0.5) is 0 Å². The smallest absolute Gasteiger partial charge is 0.308 e. The molecule has 16 heavy (non-hydrogen) atoms. The van der Waals surface area contributed by atoms with Gasteiger partial charge in [-0.25, -0.2) is 0 Å². The average Bonchev–Trinajstić information content (AvgIpc) is 2.27. The molecule has 0 aromatic heterocycles. The van der Waals surface area contributed by atoms with Crippen LogP contribution in [0.25, 0.3) is 0 Å². The molecule has 4 nitrogen and oxygen atoms in total. The second kappa shape index (κ2) is 6.51. The Morgan fingerprint density at radius 3 is 1.38 bits per heavy atom. The summed E-state index contributed by atoms with van der Waals surface area (Å²) in [5, 5.41) is 0. The second-order valence-electron chi connectivity index (χ2n) is 4.30. The van der Waals surface area contributed by atoms with Crippen LogP contribution in [-0.2, 0) is 19.1 Å². The molecule has 1 aliphatic rings. The Balaban J connectivity index is 2.43. The molecule has 0 aromatic carbocycles. The van der Waals surface area contributed by atoms with Crippen molar-refractivity contribution < 1.29 is 19.1 Å². The van der Waals surface area contributed by atoms with Crippen LogP contribution in [0.15, 0.2) is 0 Å². The topological polar surface area (TPSA) is 52.6 Å². The second-order valence-corrected chi connectivity index (χ2v) is 4.30. The van der Waals surface area contributed by atoms with Crippen LogP contribution in [0.3, 0.4) is 0 Å². The van der Waals surface area contributed by atoms with Gasteiger partial charge in [0.2, 0.25) is 0 Å². The van der Waals surface area contributed by atoms with Gasteiger partial charge in [-0.15, -0.1) is 0 Å². The largest absolute Gasteiger partial charge is 0.469 e. The fourth-order valence-corrected chi connectivity index (χ4v) is 2.31. The van der Waals surface area contributed by atoms with E-state index in [9.17, 15) is 9.59 Å².